The van der Waals surface area contributed by atoms with Crippen LogP contribution in [0, 0.1) is 0 Å². The van der Waals surface area contributed by atoms with Gasteiger partial charge in [-0.3, -0.25) is 4.99 Å². The van der Waals surface area contributed by atoms with E-state index in [1.165, 1.54) is 12.8 Å². The fraction of sp³-hybridized carbons (Fsp3) is 0.929. The second-order valence-corrected chi connectivity index (χ2v) is 6.16. The Morgan fingerprint density at radius 3 is 2.21 bits per heavy atom. The molecular formula is C14H33IN4. The summed E-state index contributed by atoms with van der Waals surface area (Å²) in [6, 6.07) is 0.633. The van der Waals surface area contributed by atoms with Gasteiger partial charge in [0.25, 0.3) is 0 Å². The van der Waals surface area contributed by atoms with Crippen molar-refractivity contribution < 1.29 is 0 Å². The maximum atomic E-state index is 4.22. The molecule has 0 aromatic carbocycles. The lowest BCUT2D eigenvalue weighted by molar-refractivity contribution is 0.268. The van der Waals surface area contributed by atoms with Crippen molar-refractivity contribution in [1.82, 2.24) is 15.5 Å². The zero-order chi connectivity index (χ0) is 14.2. The highest BCUT2D eigenvalue weighted by Crippen LogP contribution is 1.99. The maximum Gasteiger partial charge on any atom is 0.191 e. The van der Waals surface area contributed by atoms with E-state index in [9.17, 15) is 0 Å². The van der Waals surface area contributed by atoms with Crippen LogP contribution < -0.4 is 10.6 Å². The minimum atomic E-state index is 0. The van der Waals surface area contributed by atoms with E-state index in [0.29, 0.717) is 6.04 Å². The van der Waals surface area contributed by atoms with Crippen molar-refractivity contribution in [3.8, 4) is 0 Å². The van der Waals surface area contributed by atoms with E-state index in [1.54, 1.807) is 0 Å². The van der Waals surface area contributed by atoms with Gasteiger partial charge in [-0.05, 0) is 61.1 Å². The van der Waals surface area contributed by atoms with Crippen LogP contribution in [0.15, 0.2) is 4.99 Å². The molecule has 0 aliphatic carbocycles. The lowest BCUT2D eigenvalue weighted by Gasteiger charge is -2.24. The molecule has 0 aliphatic heterocycles. The van der Waals surface area contributed by atoms with Crippen LogP contribution in [0.2, 0.25) is 0 Å². The zero-order valence-electron chi connectivity index (χ0n) is 13.7. The van der Waals surface area contributed by atoms with Crippen LogP contribution in [0.25, 0.3) is 0 Å². The number of nitrogens with one attached hydrogen (secondary N) is 2. The number of hydrogen-bond donors (Lipinski definition) is 2. The van der Waals surface area contributed by atoms with E-state index in [2.05, 4.69) is 62.2 Å². The molecule has 0 aliphatic rings. The van der Waals surface area contributed by atoms with Gasteiger partial charge in [0.1, 0.15) is 0 Å². The number of rotatable bonds is 6. The van der Waals surface area contributed by atoms with E-state index < -0.39 is 0 Å². The Hall–Kier alpha value is -0.0400. The Balaban J connectivity index is 0. The number of hydrogen-bond acceptors (Lipinski definition) is 2. The largest absolute Gasteiger partial charge is 0.356 e. The molecule has 0 saturated heterocycles. The lowest BCUT2D eigenvalue weighted by atomic mass is 10.1. The fourth-order valence-electron chi connectivity index (χ4n) is 1.49. The average Bonchev–Trinajstić information content (AvgIpc) is 2.24. The van der Waals surface area contributed by atoms with Gasteiger partial charge in [-0.1, -0.05) is 0 Å². The topological polar surface area (TPSA) is 39.7 Å². The molecule has 0 unspecified atom stereocenters. The summed E-state index contributed by atoms with van der Waals surface area (Å²) >= 11 is 0. The quantitative estimate of drug-likeness (QED) is 0.320. The first-order valence-corrected chi connectivity index (χ1v) is 6.95. The van der Waals surface area contributed by atoms with Gasteiger partial charge >= 0.3 is 0 Å². The van der Waals surface area contributed by atoms with Crippen LogP contribution in [0.3, 0.4) is 0 Å². The molecule has 0 bridgehead atoms. The average molecular weight is 384 g/mol. The van der Waals surface area contributed by atoms with Crippen molar-refractivity contribution >= 4 is 29.9 Å². The van der Waals surface area contributed by atoms with Gasteiger partial charge in [0.2, 0.25) is 0 Å². The molecule has 4 nitrogen and oxygen atoms in total. The van der Waals surface area contributed by atoms with Crippen LogP contribution in [-0.4, -0.2) is 49.6 Å². The predicted molar refractivity (Wildman–Crippen MR) is 96.7 cm³/mol. The van der Waals surface area contributed by atoms with Gasteiger partial charge in [-0.2, -0.15) is 0 Å². The summed E-state index contributed by atoms with van der Waals surface area (Å²) in [4.78, 5) is 6.60. The van der Waals surface area contributed by atoms with Gasteiger partial charge in [0.15, 0.2) is 5.96 Å². The standard InChI is InChI=1S/C14H32N4.HI/c1-12(2)18(7)11-9-8-10-16-13(15-6)17-14(3,4)5;/h12H,8-11H2,1-7H3,(H2,15,16,17);1H. The van der Waals surface area contributed by atoms with Crippen LogP contribution in [0.4, 0.5) is 0 Å². The third kappa shape index (κ3) is 12.7. The molecule has 116 valence electrons. The van der Waals surface area contributed by atoms with Gasteiger partial charge in [0, 0.05) is 25.2 Å². The minimum Gasteiger partial charge on any atom is -0.356 e. The first kappa shape index (κ1) is 21.3. The number of unbranched alkanes of at least 4 members (excludes halogenated alkanes) is 1. The molecule has 0 atom stereocenters. The maximum absolute atomic E-state index is 4.22. The monoisotopic (exact) mass is 384 g/mol. The first-order chi connectivity index (χ1) is 8.26. The summed E-state index contributed by atoms with van der Waals surface area (Å²) in [6.07, 6.45) is 2.39. The van der Waals surface area contributed by atoms with Crippen LogP contribution in [0.1, 0.15) is 47.5 Å². The summed E-state index contributed by atoms with van der Waals surface area (Å²) < 4.78 is 0. The van der Waals surface area contributed by atoms with Crippen LogP contribution >= 0.6 is 24.0 Å². The van der Waals surface area contributed by atoms with Gasteiger partial charge in [0.05, 0.1) is 0 Å². The predicted octanol–water partition coefficient (Wildman–Crippen LogP) is 2.69. The van der Waals surface area contributed by atoms with E-state index in [-0.39, 0.29) is 29.5 Å². The van der Waals surface area contributed by atoms with E-state index in [1.807, 2.05) is 7.05 Å². The molecule has 0 saturated carbocycles. The SMILES string of the molecule is CN=C(NCCCCN(C)C(C)C)NC(C)(C)C.I. The highest BCUT2D eigenvalue weighted by molar-refractivity contribution is 14.0. The Bertz CT molecular complexity index is 246. The number of guanidine groups is 1. The van der Waals surface area contributed by atoms with Gasteiger partial charge < -0.3 is 15.5 Å². The molecule has 5 heteroatoms. The van der Waals surface area contributed by atoms with Crippen LogP contribution in [0.5, 0.6) is 0 Å². The molecule has 0 radical (unpaired) electrons. The van der Waals surface area contributed by atoms with Crippen LogP contribution in [-0.2, 0) is 0 Å². The normalized spacial score (nSPS) is 12.6. The number of nitrogens with zero attached hydrogens (tertiary/aromatic N) is 2. The van der Waals surface area contributed by atoms with E-state index in [4.69, 9.17) is 0 Å². The molecule has 19 heavy (non-hydrogen) atoms. The molecule has 0 fully saturated rings. The highest BCUT2D eigenvalue weighted by Gasteiger charge is 2.11. The molecule has 0 aromatic heterocycles. The molecular weight excluding hydrogens is 351 g/mol. The van der Waals surface area contributed by atoms with Gasteiger partial charge in [-0.25, -0.2) is 0 Å². The molecule has 0 rings (SSSR count). The Labute approximate surface area is 136 Å². The zero-order valence-corrected chi connectivity index (χ0v) is 16.0. The van der Waals surface area contributed by atoms with Crippen molar-refractivity contribution in [2.24, 2.45) is 4.99 Å². The number of halogens is 1. The van der Waals surface area contributed by atoms with Gasteiger partial charge in [-0.15, -0.1) is 24.0 Å². The molecule has 2 N–H and O–H groups in total. The summed E-state index contributed by atoms with van der Waals surface area (Å²) in [5, 5.41) is 6.70. The van der Waals surface area contributed by atoms with E-state index >= 15 is 0 Å². The lowest BCUT2D eigenvalue weighted by Crippen LogP contribution is -2.47. The van der Waals surface area contributed by atoms with Crippen molar-refractivity contribution in [3.05, 3.63) is 0 Å². The smallest absolute Gasteiger partial charge is 0.191 e. The first-order valence-electron chi connectivity index (χ1n) is 6.95. The third-order valence-electron chi connectivity index (χ3n) is 2.83. The highest BCUT2D eigenvalue weighted by atomic mass is 127. The summed E-state index contributed by atoms with van der Waals surface area (Å²) in [5.74, 6) is 0.889. The molecule has 0 amide bonds. The number of aliphatic imine (C=N–C) groups is 1. The Morgan fingerprint density at radius 1 is 1.21 bits per heavy atom. The summed E-state index contributed by atoms with van der Waals surface area (Å²) in [6.45, 7) is 13.0. The summed E-state index contributed by atoms with van der Waals surface area (Å²) in [7, 11) is 3.99. The second-order valence-electron chi connectivity index (χ2n) is 6.16. The summed E-state index contributed by atoms with van der Waals surface area (Å²) in [5.41, 5.74) is 0.0553. The molecule has 0 spiro atoms. The van der Waals surface area contributed by atoms with Crippen molar-refractivity contribution in [1.29, 1.82) is 0 Å². The van der Waals surface area contributed by atoms with E-state index in [0.717, 1.165) is 19.0 Å². The Kier molecular flexibility index (Phi) is 12.0. The fourth-order valence-corrected chi connectivity index (χ4v) is 1.49. The van der Waals surface area contributed by atoms with Crippen molar-refractivity contribution in [3.63, 3.8) is 0 Å². The molecule has 0 aromatic rings. The second kappa shape index (κ2) is 10.7. The van der Waals surface area contributed by atoms with Crippen molar-refractivity contribution in [2.45, 2.75) is 59.0 Å². The molecule has 0 heterocycles. The third-order valence-corrected chi connectivity index (χ3v) is 2.83. The van der Waals surface area contributed by atoms with Crippen molar-refractivity contribution in [2.75, 3.05) is 27.2 Å². The Morgan fingerprint density at radius 2 is 1.79 bits per heavy atom. The minimum absolute atomic E-state index is 0.